The summed E-state index contributed by atoms with van der Waals surface area (Å²) in [6.07, 6.45) is 26.0. The van der Waals surface area contributed by atoms with Crippen LogP contribution in [0.2, 0.25) is 0 Å². The maximum absolute atomic E-state index is 12.1. The third-order valence-corrected chi connectivity index (χ3v) is 6.09. The van der Waals surface area contributed by atoms with Crippen molar-refractivity contribution in [2.45, 2.75) is 135 Å². The molecule has 5 heteroatoms. The van der Waals surface area contributed by atoms with Gasteiger partial charge in [0.1, 0.15) is 6.54 Å². The molecule has 0 heterocycles. The maximum Gasteiger partial charge on any atom is 0.307 e. The number of hydrogen-bond acceptors (Lipinski definition) is 3. The van der Waals surface area contributed by atoms with E-state index >= 15 is 0 Å². The van der Waals surface area contributed by atoms with E-state index in [4.69, 9.17) is 9.84 Å². The van der Waals surface area contributed by atoms with Crippen molar-refractivity contribution in [3.8, 4) is 0 Å². The van der Waals surface area contributed by atoms with Gasteiger partial charge in [-0.3, -0.25) is 9.59 Å². The van der Waals surface area contributed by atoms with Crippen LogP contribution in [0.15, 0.2) is 12.2 Å². The highest BCUT2D eigenvalue weighted by Gasteiger charge is 2.24. The van der Waals surface area contributed by atoms with Crippen LogP contribution in [0.3, 0.4) is 0 Å². The van der Waals surface area contributed by atoms with Gasteiger partial charge in [-0.2, -0.15) is 0 Å². The van der Waals surface area contributed by atoms with Gasteiger partial charge < -0.3 is 14.3 Å². The topological polar surface area (TPSA) is 63.6 Å². The molecule has 0 aromatic heterocycles. The highest BCUT2D eigenvalue weighted by molar-refractivity contribution is 5.71. The molecule has 0 radical (unpaired) electrons. The number of allylic oxidation sites excluding steroid dienone is 2. The fraction of sp³-hybridized carbons (Fsp3) is 0.862. The molecule has 0 saturated carbocycles. The normalized spacial score (nSPS) is 12.8. The highest BCUT2D eigenvalue weighted by atomic mass is 16.5. The average Bonchev–Trinajstić information content (AvgIpc) is 2.73. The molecule has 1 N–H and O–H groups in total. The molecule has 0 saturated heterocycles. The monoisotopic (exact) mass is 482 g/mol. The van der Waals surface area contributed by atoms with Crippen LogP contribution in [0, 0.1) is 0 Å². The number of aliphatic carboxylic acids is 1. The third-order valence-electron chi connectivity index (χ3n) is 6.09. The Labute approximate surface area is 210 Å². The summed E-state index contributed by atoms with van der Waals surface area (Å²) in [6.45, 7) is 2.78. The number of hydrogen-bond donors (Lipinski definition) is 1. The van der Waals surface area contributed by atoms with Gasteiger partial charge in [-0.05, 0) is 32.1 Å². The minimum atomic E-state index is -0.925. The van der Waals surface area contributed by atoms with Crippen LogP contribution in [-0.2, 0) is 14.3 Å². The fourth-order valence-corrected chi connectivity index (χ4v) is 4.24. The smallest absolute Gasteiger partial charge is 0.307 e. The van der Waals surface area contributed by atoms with Gasteiger partial charge in [0.2, 0.25) is 0 Å². The molecule has 0 fully saturated rings. The summed E-state index contributed by atoms with van der Waals surface area (Å²) in [5, 5.41) is 9.04. The standard InChI is InChI=1S/C29H55NO4/c1-5-6-7-8-9-10-11-12-13-14-15-16-17-18-19-20-21-22-23-24-29(33)34-27(25-28(31)32)26-30(2,3)4/h12-13,27H,5-11,14-26H2,1-4H3/p+1/t27-/m1/s1. The first-order valence-electron chi connectivity index (χ1n) is 14.1. The Morgan fingerprint density at radius 3 is 1.62 bits per heavy atom. The van der Waals surface area contributed by atoms with E-state index in [-0.39, 0.29) is 12.4 Å². The lowest BCUT2D eigenvalue weighted by atomic mass is 10.1. The molecule has 200 valence electrons. The Bertz CT molecular complexity index is 525. The van der Waals surface area contributed by atoms with Crippen LogP contribution in [-0.4, -0.2) is 55.3 Å². The number of likely N-dealkylation sites (N-methyl/N-ethyl adjacent to an activating group) is 1. The van der Waals surface area contributed by atoms with Gasteiger partial charge in [0.05, 0.1) is 27.6 Å². The summed E-state index contributed by atoms with van der Waals surface area (Å²) in [5.41, 5.74) is 0. The fourth-order valence-electron chi connectivity index (χ4n) is 4.24. The van der Waals surface area contributed by atoms with Crippen molar-refractivity contribution in [1.29, 1.82) is 0 Å². The van der Waals surface area contributed by atoms with Crippen molar-refractivity contribution >= 4 is 11.9 Å². The predicted octanol–water partition coefficient (Wildman–Crippen LogP) is 7.68. The van der Waals surface area contributed by atoms with Crippen molar-refractivity contribution in [3.05, 3.63) is 12.2 Å². The molecular weight excluding hydrogens is 426 g/mol. The summed E-state index contributed by atoms with van der Waals surface area (Å²) >= 11 is 0. The zero-order valence-corrected chi connectivity index (χ0v) is 23.0. The predicted molar refractivity (Wildman–Crippen MR) is 143 cm³/mol. The van der Waals surface area contributed by atoms with Crippen LogP contribution in [0.25, 0.3) is 0 Å². The lowest BCUT2D eigenvalue weighted by Crippen LogP contribution is -2.43. The van der Waals surface area contributed by atoms with Crippen molar-refractivity contribution in [3.63, 3.8) is 0 Å². The molecule has 0 aliphatic rings. The van der Waals surface area contributed by atoms with E-state index in [0.29, 0.717) is 17.4 Å². The second kappa shape index (κ2) is 22.1. The van der Waals surface area contributed by atoms with E-state index in [1.807, 2.05) is 21.1 Å². The van der Waals surface area contributed by atoms with E-state index < -0.39 is 12.1 Å². The van der Waals surface area contributed by atoms with E-state index in [9.17, 15) is 9.59 Å². The number of carbonyl (C=O) groups excluding carboxylic acids is 1. The zero-order chi connectivity index (χ0) is 25.5. The van der Waals surface area contributed by atoms with Crippen molar-refractivity contribution in [2.24, 2.45) is 0 Å². The minimum Gasteiger partial charge on any atom is -0.481 e. The van der Waals surface area contributed by atoms with Crippen LogP contribution in [0.4, 0.5) is 0 Å². The lowest BCUT2D eigenvalue weighted by molar-refractivity contribution is -0.873. The molecule has 0 spiro atoms. The average molecular weight is 483 g/mol. The minimum absolute atomic E-state index is 0.128. The first kappa shape index (κ1) is 32.6. The molecule has 0 aromatic carbocycles. The maximum atomic E-state index is 12.1. The summed E-state index contributed by atoms with van der Waals surface area (Å²) in [7, 11) is 5.91. The number of ether oxygens (including phenoxy) is 1. The van der Waals surface area contributed by atoms with Gasteiger partial charge in [0.25, 0.3) is 0 Å². The molecule has 0 unspecified atom stereocenters. The number of rotatable bonds is 24. The molecule has 0 aliphatic heterocycles. The lowest BCUT2D eigenvalue weighted by Gasteiger charge is -2.28. The number of esters is 1. The number of carboxylic acids is 1. The van der Waals surface area contributed by atoms with E-state index in [1.54, 1.807) is 0 Å². The molecule has 1 atom stereocenters. The number of carbonyl (C=O) groups is 2. The molecule has 5 nitrogen and oxygen atoms in total. The molecular formula is C29H56NO4+. The van der Waals surface area contributed by atoms with E-state index in [0.717, 1.165) is 19.3 Å². The number of unbranched alkanes of at least 4 members (excludes halogenated alkanes) is 15. The molecule has 0 rings (SSSR count). The number of nitrogens with zero attached hydrogens (tertiary/aromatic N) is 1. The van der Waals surface area contributed by atoms with Crippen molar-refractivity contribution in [1.82, 2.24) is 0 Å². The molecule has 0 amide bonds. The second-order valence-corrected chi connectivity index (χ2v) is 10.9. The van der Waals surface area contributed by atoms with Crippen LogP contribution in [0.1, 0.15) is 129 Å². The largest absolute Gasteiger partial charge is 0.481 e. The summed E-state index contributed by atoms with van der Waals surface area (Å²) in [4.78, 5) is 23.1. The van der Waals surface area contributed by atoms with E-state index in [2.05, 4.69) is 19.1 Å². The molecule has 0 aromatic rings. The van der Waals surface area contributed by atoms with Crippen LogP contribution >= 0.6 is 0 Å². The van der Waals surface area contributed by atoms with Gasteiger partial charge in [-0.1, -0.05) is 96.1 Å². The van der Waals surface area contributed by atoms with Crippen LogP contribution < -0.4 is 0 Å². The highest BCUT2D eigenvalue weighted by Crippen LogP contribution is 2.13. The third kappa shape index (κ3) is 25.3. The first-order chi connectivity index (χ1) is 16.2. The Hall–Kier alpha value is -1.36. The number of quaternary nitrogens is 1. The van der Waals surface area contributed by atoms with Gasteiger partial charge in [0, 0.05) is 6.42 Å². The van der Waals surface area contributed by atoms with Crippen molar-refractivity contribution < 1.29 is 23.9 Å². The summed E-state index contributed by atoms with van der Waals surface area (Å²) in [5.74, 6) is -1.19. The quantitative estimate of drug-likeness (QED) is 0.0663. The van der Waals surface area contributed by atoms with Gasteiger partial charge in [-0.15, -0.1) is 0 Å². The second-order valence-electron chi connectivity index (χ2n) is 10.9. The molecule has 0 bridgehead atoms. The summed E-state index contributed by atoms with van der Waals surface area (Å²) < 4.78 is 6.00. The summed E-state index contributed by atoms with van der Waals surface area (Å²) in [6, 6.07) is 0. The van der Waals surface area contributed by atoms with Gasteiger partial charge in [0.15, 0.2) is 6.10 Å². The Morgan fingerprint density at radius 2 is 1.18 bits per heavy atom. The Morgan fingerprint density at radius 1 is 0.735 bits per heavy atom. The van der Waals surface area contributed by atoms with E-state index in [1.165, 1.54) is 89.9 Å². The first-order valence-corrected chi connectivity index (χ1v) is 14.1. The van der Waals surface area contributed by atoms with Gasteiger partial charge in [-0.25, -0.2) is 0 Å². The Kier molecular flexibility index (Phi) is 21.2. The molecule has 34 heavy (non-hydrogen) atoms. The Balaban J connectivity index is 3.52. The number of carboxylic acid groups (broad SMARTS) is 1. The SMILES string of the molecule is CCCCCCCCC=CCCCCCCCCCCCC(=O)O[C@H](CC(=O)O)C[N+](C)(C)C. The molecule has 0 aliphatic carbocycles. The van der Waals surface area contributed by atoms with Crippen LogP contribution in [0.5, 0.6) is 0 Å². The zero-order valence-electron chi connectivity index (χ0n) is 23.0. The van der Waals surface area contributed by atoms with Gasteiger partial charge >= 0.3 is 11.9 Å². The van der Waals surface area contributed by atoms with Crippen molar-refractivity contribution in [2.75, 3.05) is 27.7 Å².